The Kier molecular flexibility index (Phi) is 3.16. The summed E-state index contributed by atoms with van der Waals surface area (Å²) < 4.78 is 37.8. The van der Waals surface area contributed by atoms with E-state index in [0.29, 0.717) is 5.82 Å². The van der Waals surface area contributed by atoms with Gasteiger partial charge in [-0.15, -0.1) is 20.4 Å². The van der Waals surface area contributed by atoms with Crippen LogP contribution in [0.5, 0.6) is 0 Å². The number of halogens is 4. The van der Waals surface area contributed by atoms with Gasteiger partial charge in [0.15, 0.2) is 5.82 Å². The monoisotopic (exact) mass is 274 g/mol. The number of nitrogens with zero attached hydrogens (tertiary/aromatic N) is 4. The van der Waals surface area contributed by atoms with E-state index >= 15 is 0 Å². The van der Waals surface area contributed by atoms with Gasteiger partial charge >= 0.3 is 6.18 Å². The van der Waals surface area contributed by atoms with Crippen LogP contribution in [-0.4, -0.2) is 20.4 Å². The molecule has 1 aromatic heterocycles. The molecule has 18 heavy (non-hydrogen) atoms. The van der Waals surface area contributed by atoms with Crippen molar-refractivity contribution in [3.8, 4) is 11.4 Å². The van der Waals surface area contributed by atoms with E-state index in [4.69, 9.17) is 11.6 Å². The maximum atomic E-state index is 12.6. The van der Waals surface area contributed by atoms with Crippen molar-refractivity contribution in [1.29, 1.82) is 0 Å². The van der Waals surface area contributed by atoms with Crippen LogP contribution in [0.4, 0.5) is 13.2 Å². The first-order chi connectivity index (χ1) is 8.36. The van der Waals surface area contributed by atoms with Crippen LogP contribution in [0.25, 0.3) is 11.4 Å². The highest BCUT2D eigenvalue weighted by molar-refractivity contribution is 6.30. The summed E-state index contributed by atoms with van der Waals surface area (Å²) in [6.07, 6.45) is -4.48. The van der Waals surface area contributed by atoms with E-state index in [9.17, 15) is 13.2 Å². The summed E-state index contributed by atoms with van der Waals surface area (Å²) in [5, 5.41) is 14.5. The van der Waals surface area contributed by atoms with Crippen molar-refractivity contribution in [3.63, 3.8) is 0 Å². The molecule has 0 bridgehead atoms. The van der Waals surface area contributed by atoms with Gasteiger partial charge in [-0.1, -0.05) is 11.6 Å². The molecule has 4 nitrogen and oxygen atoms in total. The minimum atomic E-state index is -4.48. The van der Waals surface area contributed by atoms with Crippen LogP contribution in [0.2, 0.25) is 5.02 Å². The Morgan fingerprint density at radius 2 is 1.61 bits per heavy atom. The molecule has 0 aliphatic carbocycles. The number of benzene rings is 1. The molecule has 0 radical (unpaired) electrons. The third-order valence-electron chi connectivity index (χ3n) is 2.06. The molecule has 2 aromatic rings. The van der Waals surface area contributed by atoms with E-state index in [0.717, 1.165) is 12.1 Å². The third kappa shape index (κ3) is 2.73. The first-order valence-electron chi connectivity index (χ1n) is 4.78. The molecular weight excluding hydrogens is 269 g/mol. The summed E-state index contributed by atoms with van der Waals surface area (Å²) in [6, 6.07) is 3.06. The van der Waals surface area contributed by atoms with E-state index in [1.165, 1.54) is 6.07 Å². The predicted octanol–water partition coefficient (Wildman–Crippen LogP) is 2.91. The standard InChI is InChI=1S/C10H6ClF3N4/c1-5-15-17-9(18-16-5)6-2-7(10(12,13)14)4-8(11)3-6/h2-4H,1H3. The Morgan fingerprint density at radius 1 is 1.00 bits per heavy atom. The number of alkyl halides is 3. The Labute approximate surface area is 105 Å². The zero-order valence-electron chi connectivity index (χ0n) is 9.03. The molecule has 0 N–H and O–H groups in total. The second-order valence-electron chi connectivity index (χ2n) is 3.50. The van der Waals surface area contributed by atoms with Crippen LogP contribution >= 0.6 is 11.6 Å². The second-order valence-corrected chi connectivity index (χ2v) is 3.93. The fourth-order valence-electron chi connectivity index (χ4n) is 1.28. The summed E-state index contributed by atoms with van der Waals surface area (Å²) in [7, 11) is 0. The van der Waals surface area contributed by atoms with Crippen molar-refractivity contribution in [3.05, 3.63) is 34.6 Å². The normalized spacial score (nSPS) is 11.6. The van der Waals surface area contributed by atoms with Gasteiger partial charge in [0.25, 0.3) is 0 Å². The number of hydrogen-bond donors (Lipinski definition) is 0. The summed E-state index contributed by atoms with van der Waals surface area (Å²) in [4.78, 5) is 0. The lowest BCUT2D eigenvalue weighted by atomic mass is 10.1. The van der Waals surface area contributed by atoms with Crippen LogP contribution in [0.3, 0.4) is 0 Å². The van der Waals surface area contributed by atoms with E-state index in [-0.39, 0.29) is 16.4 Å². The maximum Gasteiger partial charge on any atom is 0.416 e. The molecule has 0 saturated heterocycles. The largest absolute Gasteiger partial charge is 0.416 e. The Balaban J connectivity index is 2.52. The summed E-state index contributed by atoms with van der Waals surface area (Å²) in [5.74, 6) is 0.324. The number of aryl methyl sites for hydroxylation is 1. The van der Waals surface area contributed by atoms with Crippen molar-refractivity contribution in [1.82, 2.24) is 20.4 Å². The number of hydrogen-bond acceptors (Lipinski definition) is 4. The highest BCUT2D eigenvalue weighted by Gasteiger charge is 2.31. The van der Waals surface area contributed by atoms with E-state index in [1.807, 2.05) is 0 Å². The molecule has 0 aliphatic rings. The van der Waals surface area contributed by atoms with Crippen molar-refractivity contribution in [2.24, 2.45) is 0 Å². The zero-order chi connectivity index (χ0) is 13.3. The minimum absolute atomic E-state index is 0.00593. The molecule has 0 saturated carbocycles. The lowest BCUT2D eigenvalue weighted by Crippen LogP contribution is -2.06. The Morgan fingerprint density at radius 3 is 2.17 bits per heavy atom. The van der Waals surface area contributed by atoms with E-state index < -0.39 is 11.7 Å². The van der Waals surface area contributed by atoms with Crippen molar-refractivity contribution in [2.45, 2.75) is 13.1 Å². The van der Waals surface area contributed by atoms with Crippen molar-refractivity contribution in [2.75, 3.05) is 0 Å². The van der Waals surface area contributed by atoms with E-state index in [1.54, 1.807) is 6.92 Å². The maximum absolute atomic E-state index is 12.6. The molecule has 1 heterocycles. The molecule has 8 heteroatoms. The van der Waals surface area contributed by atoms with Gasteiger partial charge < -0.3 is 0 Å². The molecule has 0 unspecified atom stereocenters. The average molecular weight is 275 g/mol. The summed E-state index contributed by atoms with van der Waals surface area (Å²) in [6.45, 7) is 1.57. The average Bonchev–Trinajstić information content (AvgIpc) is 2.28. The molecule has 0 fully saturated rings. The minimum Gasteiger partial charge on any atom is -0.166 e. The summed E-state index contributed by atoms with van der Waals surface area (Å²) >= 11 is 5.64. The van der Waals surface area contributed by atoms with Crippen LogP contribution in [0, 0.1) is 6.92 Å². The topological polar surface area (TPSA) is 51.6 Å². The van der Waals surface area contributed by atoms with Crippen LogP contribution in [-0.2, 0) is 6.18 Å². The quantitative estimate of drug-likeness (QED) is 0.802. The van der Waals surface area contributed by atoms with Crippen LogP contribution in [0.15, 0.2) is 18.2 Å². The first-order valence-corrected chi connectivity index (χ1v) is 5.16. The van der Waals surface area contributed by atoms with E-state index in [2.05, 4.69) is 20.4 Å². The van der Waals surface area contributed by atoms with Gasteiger partial charge in [0.1, 0.15) is 0 Å². The van der Waals surface area contributed by atoms with Crippen molar-refractivity contribution >= 4 is 11.6 Å². The molecule has 2 rings (SSSR count). The molecule has 94 valence electrons. The third-order valence-corrected chi connectivity index (χ3v) is 2.28. The fraction of sp³-hybridized carbons (Fsp3) is 0.200. The SMILES string of the molecule is Cc1nnc(-c2cc(Cl)cc(C(F)(F)F)c2)nn1. The Bertz CT molecular complexity index is 568. The lowest BCUT2D eigenvalue weighted by Gasteiger charge is -2.08. The highest BCUT2D eigenvalue weighted by Crippen LogP contribution is 2.33. The lowest BCUT2D eigenvalue weighted by molar-refractivity contribution is -0.137. The van der Waals surface area contributed by atoms with Gasteiger partial charge in [-0.25, -0.2) is 0 Å². The van der Waals surface area contributed by atoms with Crippen molar-refractivity contribution < 1.29 is 13.2 Å². The predicted molar refractivity (Wildman–Crippen MR) is 57.8 cm³/mol. The van der Waals surface area contributed by atoms with Gasteiger partial charge in [0, 0.05) is 10.6 Å². The van der Waals surface area contributed by atoms with Gasteiger partial charge in [0.05, 0.1) is 5.56 Å². The molecular formula is C10H6ClF3N4. The molecule has 0 spiro atoms. The van der Waals surface area contributed by atoms with Crippen LogP contribution < -0.4 is 0 Å². The molecule has 1 aromatic carbocycles. The highest BCUT2D eigenvalue weighted by atomic mass is 35.5. The second kappa shape index (κ2) is 4.49. The number of rotatable bonds is 1. The number of aromatic nitrogens is 4. The first kappa shape index (κ1) is 12.7. The van der Waals surface area contributed by atoms with Gasteiger partial charge in [-0.2, -0.15) is 13.2 Å². The fourth-order valence-corrected chi connectivity index (χ4v) is 1.51. The smallest absolute Gasteiger partial charge is 0.166 e. The molecule has 0 atom stereocenters. The molecule has 0 aliphatic heterocycles. The van der Waals surface area contributed by atoms with Crippen LogP contribution in [0.1, 0.15) is 11.4 Å². The Hall–Kier alpha value is -1.76. The van der Waals surface area contributed by atoms with Gasteiger partial charge in [-0.05, 0) is 25.1 Å². The zero-order valence-corrected chi connectivity index (χ0v) is 9.79. The molecule has 0 amide bonds. The van der Waals surface area contributed by atoms with Gasteiger partial charge in [-0.3, -0.25) is 0 Å². The van der Waals surface area contributed by atoms with Gasteiger partial charge in [0.2, 0.25) is 5.82 Å². The summed E-state index contributed by atoms with van der Waals surface area (Å²) in [5.41, 5.74) is -0.746.